The molecule has 0 aliphatic heterocycles. The third-order valence-corrected chi connectivity index (χ3v) is 2.00. The third-order valence-electron chi connectivity index (χ3n) is 2.00. The maximum absolute atomic E-state index is 5.77. The molecule has 0 radical (unpaired) electrons. The van der Waals surface area contributed by atoms with Crippen LogP contribution in [0.2, 0.25) is 0 Å². The van der Waals surface area contributed by atoms with Crippen molar-refractivity contribution in [3.8, 4) is 0 Å². The molecule has 1 rings (SSSR count). The van der Waals surface area contributed by atoms with Crippen LogP contribution in [0.4, 0.5) is 0 Å². The van der Waals surface area contributed by atoms with E-state index in [9.17, 15) is 0 Å². The number of amidine groups is 1. The van der Waals surface area contributed by atoms with Crippen LogP contribution in [0.15, 0.2) is 23.5 Å². The predicted octanol–water partition coefficient (Wildman–Crippen LogP) is 1.36. The highest BCUT2D eigenvalue weighted by atomic mass is 15.1. The minimum absolute atomic E-state index is 0.449. The Morgan fingerprint density at radius 3 is 2.93 bits per heavy atom. The summed E-state index contributed by atoms with van der Waals surface area (Å²) in [5.41, 5.74) is 6.83. The van der Waals surface area contributed by atoms with Crippen molar-refractivity contribution < 1.29 is 0 Å². The molecule has 0 fully saturated rings. The van der Waals surface area contributed by atoms with Crippen LogP contribution in [0.25, 0.3) is 0 Å². The van der Waals surface area contributed by atoms with E-state index in [-0.39, 0.29) is 0 Å². The molecule has 0 atom stereocenters. The van der Waals surface area contributed by atoms with Crippen molar-refractivity contribution in [2.24, 2.45) is 17.8 Å². The van der Waals surface area contributed by atoms with Crippen molar-refractivity contribution in [1.82, 2.24) is 9.55 Å². The summed E-state index contributed by atoms with van der Waals surface area (Å²) < 4.78 is 1.92. The lowest BCUT2D eigenvalue weighted by Crippen LogP contribution is -2.18. The number of aromatic nitrogens is 2. The van der Waals surface area contributed by atoms with Gasteiger partial charge in [-0.05, 0) is 13.3 Å². The number of aryl methyl sites for hydroxylation is 1. The van der Waals surface area contributed by atoms with Gasteiger partial charge in [0.05, 0.1) is 0 Å². The van der Waals surface area contributed by atoms with E-state index in [0.717, 1.165) is 12.1 Å². The second kappa shape index (κ2) is 4.60. The quantitative estimate of drug-likeness (QED) is 0.580. The van der Waals surface area contributed by atoms with Gasteiger partial charge in [0.25, 0.3) is 0 Å². The van der Waals surface area contributed by atoms with E-state index in [4.69, 9.17) is 5.73 Å². The largest absolute Gasteiger partial charge is 0.381 e. The van der Waals surface area contributed by atoms with E-state index >= 15 is 0 Å². The first kappa shape index (κ1) is 10.5. The van der Waals surface area contributed by atoms with Gasteiger partial charge in [-0.15, -0.1) is 0 Å². The van der Waals surface area contributed by atoms with Crippen molar-refractivity contribution in [2.45, 2.75) is 20.3 Å². The number of allylic oxidation sites excluding steroid dienone is 1. The Bertz CT molecular complexity index is 360. The van der Waals surface area contributed by atoms with Gasteiger partial charge in [-0.2, -0.15) is 0 Å². The molecule has 2 N–H and O–H groups in total. The van der Waals surface area contributed by atoms with Gasteiger partial charge in [0.2, 0.25) is 0 Å². The average molecular weight is 192 g/mol. The van der Waals surface area contributed by atoms with E-state index in [2.05, 4.69) is 9.98 Å². The Hall–Kier alpha value is -1.58. The van der Waals surface area contributed by atoms with Gasteiger partial charge >= 0.3 is 0 Å². The summed E-state index contributed by atoms with van der Waals surface area (Å²) in [7, 11) is 1.92. The third kappa shape index (κ3) is 2.22. The second-order valence-corrected chi connectivity index (χ2v) is 3.09. The molecule has 1 aromatic rings. The highest BCUT2D eigenvalue weighted by Gasteiger charge is 2.05. The molecule has 0 aliphatic rings. The number of imidazole rings is 1. The van der Waals surface area contributed by atoms with Crippen LogP contribution in [-0.2, 0) is 7.05 Å². The van der Waals surface area contributed by atoms with Gasteiger partial charge in [0.15, 0.2) is 11.7 Å². The normalized spacial score (nSPS) is 12.6. The molecule has 0 saturated heterocycles. The molecule has 0 aliphatic carbocycles. The number of nitrogens with zero attached hydrogens (tertiary/aromatic N) is 3. The summed E-state index contributed by atoms with van der Waals surface area (Å²) in [6.07, 6.45) is 6.39. The maximum Gasteiger partial charge on any atom is 0.175 e. The molecule has 76 valence electrons. The molecule has 0 bridgehead atoms. The van der Waals surface area contributed by atoms with E-state index < -0.39 is 0 Å². The summed E-state index contributed by atoms with van der Waals surface area (Å²) in [5.74, 6) is 1.16. The Labute approximate surface area is 84.2 Å². The summed E-state index contributed by atoms with van der Waals surface area (Å²) in [5, 5.41) is 0. The molecular weight excluding hydrogens is 176 g/mol. The average Bonchev–Trinajstić information content (AvgIpc) is 2.48. The van der Waals surface area contributed by atoms with Crippen molar-refractivity contribution in [1.29, 1.82) is 0 Å². The fraction of sp³-hybridized carbons (Fsp3) is 0.400. The van der Waals surface area contributed by atoms with Gasteiger partial charge in [0.1, 0.15) is 0 Å². The number of aliphatic imine (C=N–C) groups is 1. The molecule has 4 heteroatoms. The fourth-order valence-corrected chi connectivity index (χ4v) is 1.03. The van der Waals surface area contributed by atoms with Gasteiger partial charge in [0, 0.05) is 25.1 Å². The first-order valence-corrected chi connectivity index (χ1v) is 4.63. The second-order valence-electron chi connectivity index (χ2n) is 3.09. The van der Waals surface area contributed by atoms with Crippen molar-refractivity contribution in [2.75, 3.05) is 0 Å². The number of hydrogen-bond donors (Lipinski definition) is 1. The Balaban J connectivity index is 2.89. The molecule has 0 spiro atoms. The molecule has 4 nitrogen and oxygen atoms in total. The molecule has 0 unspecified atom stereocenters. The predicted molar refractivity (Wildman–Crippen MR) is 58.1 cm³/mol. The zero-order chi connectivity index (χ0) is 10.6. The minimum Gasteiger partial charge on any atom is -0.381 e. The first-order valence-electron chi connectivity index (χ1n) is 4.63. The molecule has 1 aromatic heterocycles. The van der Waals surface area contributed by atoms with Crippen LogP contribution in [0.5, 0.6) is 0 Å². The van der Waals surface area contributed by atoms with Crippen molar-refractivity contribution in [3.63, 3.8) is 0 Å². The van der Waals surface area contributed by atoms with Crippen molar-refractivity contribution in [3.05, 3.63) is 30.0 Å². The lowest BCUT2D eigenvalue weighted by atomic mass is 10.5. The van der Waals surface area contributed by atoms with Crippen molar-refractivity contribution >= 4 is 5.84 Å². The summed E-state index contributed by atoms with van der Waals surface area (Å²) >= 11 is 0. The molecule has 1 heterocycles. The highest BCUT2D eigenvalue weighted by Crippen LogP contribution is 2.00. The summed E-state index contributed by atoms with van der Waals surface area (Å²) in [6.45, 7) is 4.03. The van der Waals surface area contributed by atoms with E-state index in [0.29, 0.717) is 11.7 Å². The molecule has 0 saturated carbocycles. The van der Waals surface area contributed by atoms with Gasteiger partial charge < -0.3 is 10.3 Å². The Morgan fingerprint density at radius 1 is 1.71 bits per heavy atom. The topological polar surface area (TPSA) is 56.2 Å². The van der Waals surface area contributed by atoms with E-state index in [1.165, 1.54) is 0 Å². The number of nitrogens with two attached hydrogens (primary N) is 1. The van der Waals surface area contributed by atoms with Gasteiger partial charge in [-0.3, -0.25) is 0 Å². The van der Waals surface area contributed by atoms with E-state index in [1.807, 2.05) is 31.5 Å². The Kier molecular flexibility index (Phi) is 3.45. The lowest BCUT2D eigenvalue weighted by molar-refractivity contribution is 0.858. The zero-order valence-corrected chi connectivity index (χ0v) is 8.86. The van der Waals surface area contributed by atoms with Crippen LogP contribution < -0.4 is 5.73 Å². The molecule has 0 aromatic carbocycles. The van der Waals surface area contributed by atoms with Crippen LogP contribution in [0, 0.1) is 6.92 Å². The standard InChI is InChI=1S/C10H16N4/c1-4-5-6-12-9(11)10-13-7-8(2)14(10)3/h5-7H,4H2,1-3H3,(H2,11,12)/b6-5+. The summed E-state index contributed by atoms with van der Waals surface area (Å²) in [6, 6.07) is 0. The van der Waals surface area contributed by atoms with E-state index in [1.54, 1.807) is 12.4 Å². The smallest absolute Gasteiger partial charge is 0.175 e. The van der Waals surface area contributed by atoms with Gasteiger partial charge in [-0.1, -0.05) is 13.0 Å². The monoisotopic (exact) mass is 192 g/mol. The van der Waals surface area contributed by atoms with Crippen LogP contribution in [0.1, 0.15) is 24.9 Å². The van der Waals surface area contributed by atoms with Gasteiger partial charge in [-0.25, -0.2) is 9.98 Å². The highest BCUT2D eigenvalue weighted by molar-refractivity contribution is 5.94. The molecule has 0 amide bonds. The minimum atomic E-state index is 0.449. The lowest BCUT2D eigenvalue weighted by Gasteiger charge is -2.00. The van der Waals surface area contributed by atoms with Crippen LogP contribution in [-0.4, -0.2) is 15.4 Å². The molecule has 14 heavy (non-hydrogen) atoms. The Morgan fingerprint density at radius 2 is 2.43 bits per heavy atom. The number of hydrogen-bond acceptors (Lipinski definition) is 2. The number of rotatable bonds is 3. The van der Waals surface area contributed by atoms with Crippen LogP contribution >= 0.6 is 0 Å². The maximum atomic E-state index is 5.77. The summed E-state index contributed by atoms with van der Waals surface area (Å²) in [4.78, 5) is 8.26. The van der Waals surface area contributed by atoms with Crippen LogP contribution in [0.3, 0.4) is 0 Å². The SMILES string of the molecule is CC/C=C/N=C(N)c1ncc(C)n1C. The fourth-order valence-electron chi connectivity index (χ4n) is 1.03. The molecular formula is C10H16N4. The zero-order valence-electron chi connectivity index (χ0n) is 8.86. The first-order chi connectivity index (χ1) is 6.66.